The molecule has 2 atom stereocenters. The molecule has 3 aromatic carbocycles. The molecule has 0 heterocycles. The van der Waals surface area contributed by atoms with Crippen molar-refractivity contribution in [2.24, 2.45) is 0 Å². The van der Waals surface area contributed by atoms with E-state index in [1.54, 1.807) is 45.0 Å². The van der Waals surface area contributed by atoms with Gasteiger partial charge in [0.2, 0.25) is 5.91 Å². The number of hydrogen-bond acceptors (Lipinski definition) is 5. The lowest BCUT2D eigenvalue weighted by Gasteiger charge is -2.33. The smallest absolute Gasteiger partial charge is 0.408 e. The van der Waals surface area contributed by atoms with Crippen molar-refractivity contribution in [1.29, 1.82) is 0 Å². The number of thiol groups is 1. The summed E-state index contributed by atoms with van der Waals surface area (Å²) in [6, 6.07) is 18.6. The molecule has 3 aromatic rings. The summed E-state index contributed by atoms with van der Waals surface area (Å²) in [6.07, 6.45) is 2.45. The van der Waals surface area contributed by atoms with Crippen molar-refractivity contribution < 1.29 is 19.1 Å². The van der Waals surface area contributed by atoms with Crippen molar-refractivity contribution in [3.05, 3.63) is 97.1 Å². The molecule has 0 saturated carbocycles. The molecule has 0 aromatic heterocycles. The van der Waals surface area contributed by atoms with Crippen LogP contribution in [-0.2, 0) is 14.3 Å². The van der Waals surface area contributed by atoms with Crippen molar-refractivity contribution in [2.75, 3.05) is 17.6 Å². The van der Waals surface area contributed by atoms with Crippen LogP contribution in [0.25, 0.3) is 16.8 Å². The Morgan fingerprint density at radius 1 is 1.00 bits per heavy atom. The summed E-state index contributed by atoms with van der Waals surface area (Å²) in [5, 5.41) is 7.57. The van der Waals surface area contributed by atoms with E-state index in [0.717, 1.165) is 16.3 Å². The largest absolute Gasteiger partial charge is 0.444 e. The average Bonchev–Trinajstić information content (AvgIpc) is 2.90. The van der Waals surface area contributed by atoms with Gasteiger partial charge in [0.15, 0.2) is 0 Å². The Kier molecular flexibility index (Phi) is 9.95. The summed E-state index contributed by atoms with van der Waals surface area (Å²) in [5.41, 5.74) is 1.21. The van der Waals surface area contributed by atoms with Crippen LogP contribution in [0.4, 0.5) is 10.5 Å². The van der Waals surface area contributed by atoms with E-state index in [0.29, 0.717) is 11.3 Å². The van der Waals surface area contributed by atoms with E-state index in [2.05, 4.69) is 36.4 Å². The van der Waals surface area contributed by atoms with Gasteiger partial charge in [0.05, 0.1) is 0 Å². The molecule has 0 aliphatic heterocycles. The highest BCUT2D eigenvalue weighted by Gasteiger charge is 2.35. The SMILES string of the molecule is C=CCN(C(=O)C(CS)NC(=O)OC(C)(C)C)C(C(=O)Nc1ccc2ccccc2c1)c1cccc(C=C)c1. The minimum atomic E-state index is -1.04. The number of benzene rings is 3. The van der Waals surface area contributed by atoms with Crippen LogP contribution in [0.2, 0.25) is 0 Å². The summed E-state index contributed by atoms with van der Waals surface area (Å²) in [7, 11) is 0. The third kappa shape index (κ3) is 7.97. The fourth-order valence-corrected chi connectivity index (χ4v) is 4.35. The Hall–Kier alpha value is -4.04. The third-order valence-corrected chi connectivity index (χ3v) is 6.18. The Labute approximate surface area is 235 Å². The average molecular weight is 546 g/mol. The number of nitrogens with one attached hydrogen (secondary N) is 2. The van der Waals surface area contributed by atoms with Gasteiger partial charge >= 0.3 is 6.09 Å². The molecule has 0 spiro atoms. The van der Waals surface area contributed by atoms with Gasteiger partial charge in [-0.25, -0.2) is 4.79 Å². The van der Waals surface area contributed by atoms with Crippen LogP contribution in [0, 0.1) is 0 Å². The Morgan fingerprint density at radius 3 is 2.36 bits per heavy atom. The molecule has 2 unspecified atom stereocenters. The maximum atomic E-state index is 13.9. The molecular formula is C31H35N3O4S. The fourth-order valence-electron chi connectivity index (χ4n) is 4.10. The Bertz CT molecular complexity index is 1370. The van der Waals surface area contributed by atoms with E-state index >= 15 is 0 Å². The molecule has 0 bridgehead atoms. The van der Waals surface area contributed by atoms with Crippen molar-refractivity contribution >= 4 is 53.1 Å². The second-order valence-corrected chi connectivity index (χ2v) is 10.4. The molecule has 2 N–H and O–H groups in total. The second-order valence-electron chi connectivity index (χ2n) is 9.99. The standard InChI is InChI=1S/C31H35N3O4S/c1-6-17-34(29(36)26(20-39)33-30(37)38-31(3,4)5)27(24-14-10-11-21(7-2)18-24)28(35)32-25-16-15-22-12-8-9-13-23(22)19-25/h6-16,18-19,26-27,39H,1-2,17,20H2,3-5H3,(H,32,35)(H,33,37). The number of amides is 3. The lowest BCUT2D eigenvalue weighted by Crippen LogP contribution is -2.53. The summed E-state index contributed by atoms with van der Waals surface area (Å²) >= 11 is 4.30. The van der Waals surface area contributed by atoms with Gasteiger partial charge in [-0.1, -0.05) is 67.3 Å². The molecular weight excluding hydrogens is 510 g/mol. The zero-order valence-corrected chi connectivity index (χ0v) is 23.4. The van der Waals surface area contributed by atoms with E-state index < -0.39 is 35.6 Å². The highest BCUT2D eigenvalue weighted by Crippen LogP contribution is 2.27. The molecule has 3 rings (SSSR count). The van der Waals surface area contributed by atoms with Crippen LogP contribution < -0.4 is 10.6 Å². The molecule has 8 heteroatoms. The van der Waals surface area contributed by atoms with Gasteiger partial charge in [-0.15, -0.1) is 6.58 Å². The first-order valence-electron chi connectivity index (χ1n) is 12.6. The lowest BCUT2D eigenvalue weighted by atomic mass is 10.00. The number of nitrogens with zero attached hydrogens (tertiary/aromatic N) is 1. The van der Waals surface area contributed by atoms with E-state index in [-0.39, 0.29) is 12.3 Å². The molecule has 0 aliphatic carbocycles. The first kappa shape index (κ1) is 29.5. The molecule has 0 aliphatic rings. The molecule has 204 valence electrons. The first-order valence-corrected chi connectivity index (χ1v) is 13.2. The second kappa shape index (κ2) is 13.2. The van der Waals surface area contributed by atoms with Gasteiger partial charge in [-0.05, 0) is 60.9 Å². The van der Waals surface area contributed by atoms with E-state index in [9.17, 15) is 14.4 Å². The fraction of sp³-hybridized carbons (Fsp3) is 0.258. The maximum Gasteiger partial charge on any atom is 0.408 e. The Balaban J connectivity index is 1.99. The third-order valence-electron chi connectivity index (χ3n) is 5.82. The summed E-state index contributed by atoms with van der Waals surface area (Å²) in [5.74, 6) is -0.924. The van der Waals surface area contributed by atoms with Crippen molar-refractivity contribution in [3.8, 4) is 0 Å². The topological polar surface area (TPSA) is 87.7 Å². The van der Waals surface area contributed by atoms with Gasteiger partial charge < -0.3 is 20.3 Å². The van der Waals surface area contributed by atoms with Crippen LogP contribution in [-0.4, -0.2) is 46.7 Å². The minimum Gasteiger partial charge on any atom is -0.444 e. The van der Waals surface area contributed by atoms with Crippen molar-refractivity contribution in [3.63, 3.8) is 0 Å². The van der Waals surface area contributed by atoms with Crippen LogP contribution in [0.3, 0.4) is 0 Å². The summed E-state index contributed by atoms with van der Waals surface area (Å²) in [6.45, 7) is 12.9. The number of fused-ring (bicyclic) bond motifs is 1. The van der Waals surface area contributed by atoms with E-state index in [1.807, 2.05) is 48.5 Å². The van der Waals surface area contributed by atoms with Gasteiger partial charge in [0.1, 0.15) is 17.7 Å². The van der Waals surface area contributed by atoms with E-state index in [1.165, 1.54) is 11.0 Å². The Morgan fingerprint density at radius 2 is 1.72 bits per heavy atom. The minimum absolute atomic E-state index is 0.00255. The molecule has 39 heavy (non-hydrogen) atoms. The highest BCUT2D eigenvalue weighted by atomic mass is 32.1. The highest BCUT2D eigenvalue weighted by molar-refractivity contribution is 7.80. The molecule has 3 amide bonds. The lowest BCUT2D eigenvalue weighted by molar-refractivity contribution is -0.139. The molecule has 7 nitrogen and oxygen atoms in total. The number of carbonyl (C=O) groups excluding carboxylic acids is 3. The zero-order valence-electron chi connectivity index (χ0n) is 22.5. The number of carbonyl (C=O) groups is 3. The van der Waals surface area contributed by atoms with Crippen LogP contribution in [0.1, 0.15) is 37.9 Å². The summed E-state index contributed by atoms with van der Waals surface area (Å²) in [4.78, 5) is 41.6. The summed E-state index contributed by atoms with van der Waals surface area (Å²) < 4.78 is 5.33. The van der Waals surface area contributed by atoms with Crippen molar-refractivity contribution in [1.82, 2.24) is 10.2 Å². The van der Waals surface area contributed by atoms with Crippen LogP contribution >= 0.6 is 12.6 Å². The zero-order chi connectivity index (χ0) is 28.6. The monoisotopic (exact) mass is 545 g/mol. The number of alkyl carbamates (subject to hydrolysis) is 1. The van der Waals surface area contributed by atoms with Gasteiger partial charge in [0, 0.05) is 18.0 Å². The van der Waals surface area contributed by atoms with Gasteiger partial charge in [-0.2, -0.15) is 12.6 Å². The predicted octanol–water partition coefficient (Wildman–Crippen LogP) is 6.00. The number of ether oxygens (including phenoxy) is 1. The number of rotatable bonds is 10. The number of anilines is 1. The van der Waals surface area contributed by atoms with Crippen LogP contribution in [0.5, 0.6) is 0 Å². The van der Waals surface area contributed by atoms with E-state index in [4.69, 9.17) is 4.74 Å². The predicted molar refractivity (Wildman–Crippen MR) is 161 cm³/mol. The molecule has 0 fully saturated rings. The molecule has 0 radical (unpaired) electrons. The quantitative estimate of drug-likeness (QED) is 0.215. The maximum absolute atomic E-state index is 13.9. The van der Waals surface area contributed by atoms with Gasteiger partial charge in [0.25, 0.3) is 5.91 Å². The normalized spacial score (nSPS) is 12.6. The van der Waals surface area contributed by atoms with Gasteiger partial charge in [-0.3, -0.25) is 9.59 Å². The first-order chi connectivity index (χ1) is 18.6. The van der Waals surface area contributed by atoms with Crippen LogP contribution in [0.15, 0.2) is 86.0 Å². The number of hydrogen-bond donors (Lipinski definition) is 3. The molecule has 0 saturated heterocycles. The van der Waals surface area contributed by atoms with Crippen molar-refractivity contribution in [2.45, 2.75) is 38.5 Å².